The molecule has 8 nitrogen and oxygen atoms in total. The van der Waals surface area contributed by atoms with Crippen molar-refractivity contribution in [2.24, 2.45) is 11.7 Å². The Balaban J connectivity index is 1.53. The number of amides is 4. The molecular weight excluding hydrogens is 396 g/mol. The molecule has 0 atom stereocenters. The summed E-state index contributed by atoms with van der Waals surface area (Å²) >= 11 is 0. The van der Waals surface area contributed by atoms with E-state index in [1.54, 1.807) is 29.2 Å². The molecule has 1 aromatic carbocycles. The number of nitrogens with zero attached hydrogens (tertiary/aromatic N) is 1. The molecule has 1 aromatic rings. The minimum absolute atomic E-state index is 0.204. The number of rotatable bonds is 8. The van der Waals surface area contributed by atoms with E-state index in [4.69, 9.17) is 10.5 Å². The Morgan fingerprint density at radius 3 is 2.29 bits per heavy atom. The van der Waals surface area contributed by atoms with Gasteiger partial charge in [0.15, 0.2) is 0 Å². The average Bonchev–Trinajstić information content (AvgIpc) is 2.71. The van der Waals surface area contributed by atoms with Gasteiger partial charge >= 0.3 is 12.1 Å². The molecule has 0 unspecified atom stereocenters. The fourth-order valence-electron chi connectivity index (χ4n) is 3.52. The quantitative estimate of drug-likeness (QED) is 0.546. The van der Waals surface area contributed by atoms with Crippen LogP contribution in [0.1, 0.15) is 68.8 Å². The molecule has 31 heavy (non-hydrogen) atoms. The first-order valence-electron chi connectivity index (χ1n) is 11.0. The van der Waals surface area contributed by atoms with Crippen LogP contribution in [0, 0.1) is 5.92 Å². The molecule has 0 aliphatic carbocycles. The monoisotopic (exact) mass is 432 g/mol. The number of piperidine rings is 1. The van der Waals surface area contributed by atoms with Crippen molar-refractivity contribution >= 4 is 18.0 Å². The van der Waals surface area contributed by atoms with Crippen molar-refractivity contribution in [2.45, 2.75) is 65.0 Å². The van der Waals surface area contributed by atoms with Crippen LogP contribution in [-0.4, -0.2) is 48.2 Å². The Morgan fingerprint density at radius 1 is 1.06 bits per heavy atom. The van der Waals surface area contributed by atoms with Crippen LogP contribution >= 0.6 is 0 Å². The number of unbranched alkanes of at least 4 members (excludes halogenated alkanes) is 1. The summed E-state index contributed by atoms with van der Waals surface area (Å²) in [5.41, 5.74) is 6.10. The van der Waals surface area contributed by atoms with Gasteiger partial charge in [-0.15, -0.1) is 0 Å². The normalized spacial score (nSPS) is 14.7. The fourth-order valence-corrected chi connectivity index (χ4v) is 3.52. The van der Waals surface area contributed by atoms with Crippen molar-refractivity contribution in [3.05, 3.63) is 35.4 Å². The molecule has 1 saturated heterocycles. The third-order valence-corrected chi connectivity index (χ3v) is 5.28. The number of benzene rings is 1. The Bertz CT molecular complexity index is 735. The van der Waals surface area contributed by atoms with E-state index in [0.29, 0.717) is 24.6 Å². The minimum atomic E-state index is -0.467. The lowest BCUT2D eigenvalue weighted by Crippen LogP contribution is -2.41. The predicted molar refractivity (Wildman–Crippen MR) is 120 cm³/mol. The highest BCUT2D eigenvalue weighted by Gasteiger charge is 2.26. The second-order valence-corrected chi connectivity index (χ2v) is 9.08. The van der Waals surface area contributed by atoms with E-state index in [-0.39, 0.29) is 12.1 Å². The zero-order chi connectivity index (χ0) is 22.9. The Hall–Kier alpha value is -2.77. The van der Waals surface area contributed by atoms with Crippen LogP contribution in [0.25, 0.3) is 0 Å². The van der Waals surface area contributed by atoms with Crippen LogP contribution in [0.5, 0.6) is 0 Å². The molecule has 1 fully saturated rings. The molecule has 0 bridgehead atoms. The van der Waals surface area contributed by atoms with Crippen LogP contribution in [0.4, 0.5) is 9.59 Å². The number of primary amides is 1. The van der Waals surface area contributed by atoms with Gasteiger partial charge in [-0.05, 0) is 63.6 Å². The summed E-state index contributed by atoms with van der Waals surface area (Å²) in [5, 5.41) is 5.67. The van der Waals surface area contributed by atoms with Gasteiger partial charge in [0.05, 0.1) is 0 Å². The number of hydrogen-bond acceptors (Lipinski definition) is 4. The maximum absolute atomic E-state index is 12.1. The summed E-state index contributed by atoms with van der Waals surface area (Å²) in [4.78, 5) is 36.9. The predicted octanol–water partition coefficient (Wildman–Crippen LogP) is 3.40. The van der Waals surface area contributed by atoms with Crippen LogP contribution in [0.15, 0.2) is 24.3 Å². The van der Waals surface area contributed by atoms with Gasteiger partial charge in [-0.3, -0.25) is 4.79 Å². The van der Waals surface area contributed by atoms with E-state index in [1.165, 1.54) is 0 Å². The van der Waals surface area contributed by atoms with E-state index < -0.39 is 11.5 Å². The highest BCUT2D eigenvalue weighted by molar-refractivity contribution is 5.92. The molecule has 1 heterocycles. The number of hydrogen-bond donors (Lipinski definition) is 3. The van der Waals surface area contributed by atoms with Gasteiger partial charge in [0, 0.05) is 31.7 Å². The molecule has 1 aliphatic heterocycles. The molecular formula is C23H36N4O4. The topological polar surface area (TPSA) is 114 Å². The Kier molecular flexibility index (Phi) is 9.15. The van der Waals surface area contributed by atoms with Crippen LogP contribution in [0.2, 0.25) is 0 Å². The van der Waals surface area contributed by atoms with Gasteiger partial charge in [0.25, 0.3) is 0 Å². The summed E-state index contributed by atoms with van der Waals surface area (Å²) < 4.78 is 5.43. The lowest BCUT2D eigenvalue weighted by Gasteiger charge is -2.33. The molecule has 1 aliphatic rings. The summed E-state index contributed by atoms with van der Waals surface area (Å²) in [5.74, 6) is 0.154. The van der Waals surface area contributed by atoms with Crippen molar-refractivity contribution in [2.75, 3.05) is 19.6 Å². The molecule has 0 aromatic heterocycles. The first kappa shape index (κ1) is 24.5. The van der Waals surface area contributed by atoms with Crippen molar-refractivity contribution in [3.63, 3.8) is 0 Å². The molecule has 4 N–H and O–H groups in total. The zero-order valence-corrected chi connectivity index (χ0v) is 18.9. The number of nitrogens with one attached hydrogen (secondary N) is 2. The standard InChI is InChI=1S/C23H36N4O4/c1-23(2,3)31-22(30)27-14-11-17(12-15-27)6-4-5-13-25-21(29)26-16-18-7-9-19(10-8-18)20(24)28/h7-10,17H,4-6,11-16H2,1-3H3,(H2,24,28)(H2,25,26,29). The molecule has 4 amide bonds. The lowest BCUT2D eigenvalue weighted by atomic mass is 9.92. The van der Waals surface area contributed by atoms with Crippen molar-refractivity contribution < 1.29 is 19.1 Å². The fraction of sp³-hybridized carbons (Fsp3) is 0.609. The first-order valence-corrected chi connectivity index (χ1v) is 11.0. The Labute approximate surface area is 184 Å². The Morgan fingerprint density at radius 2 is 1.71 bits per heavy atom. The third kappa shape index (κ3) is 9.27. The third-order valence-electron chi connectivity index (χ3n) is 5.28. The molecule has 0 spiro atoms. The van der Waals surface area contributed by atoms with Gasteiger partial charge in [-0.25, -0.2) is 9.59 Å². The van der Waals surface area contributed by atoms with Gasteiger partial charge in [-0.1, -0.05) is 25.0 Å². The van der Waals surface area contributed by atoms with Crippen LogP contribution in [0.3, 0.4) is 0 Å². The maximum atomic E-state index is 12.1. The maximum Gasteiger partial charge on any atom is 0.410 e. The number of likely N-dealkylation sites (tertiary alicyclic amines) is 1. The molecule has 2 rings (SSSR count). The molecule has 8 heteroatoms. The second-order valence-electron chi connectivity index (χ2n) is 9.08. The van der Waals surface area contributed by atoms with E-state index >= 15 is 0 Å². The van der Waals surface area contributed by atoms with E-state index in [9.17, 15) is 14.4 Å². The van der Waals surface area contributed by atoms with E-state index in [1.807, 2.05) is 20.8 Å². The minimum Gasteiger partial charge on any atom is -0.444 e. The number of carbonyl (C=O) groups is 3. The van der Waals surface area contributed by atoms with E-state index in [2.05, 4.69) is 10.6 Å². The lowest BCUT2D eigenvalue weighted by molar-refractivity contribution is 0.0180. The first-order chi connectivity index (χ1) is 14.6. The number of nitrogens with two attached hydrogens (primary N) is 1. The van der Waals surface area contributed by atoms with Crippen LogP contribution < -0.4 is 16.4 Å². The van der Waals surface area contributed by atoms with Crippen molar-refractivity contribution in [3.8, 4) is 0 Å². The SMILES string of the molecule is CC(C)(C)OC(=O)N1CCC(CCCCNC(=O)NCc2ccc(C(N)=O)cc2)CC1. The number of urea groups is 1. The largest absolute Gasteiger partial charge is 0.444 e. The summed E-state index contributed by atoms with van der Waals surface area (Å²) in [6.07, 6.45) is 4.87. The molecule has 172 valence electrons. The summed E-state index contributed by atoms with van der Waals surface area (Å²) in [6, 6.07) is 6.64. The van der Waals surface area contributed by atoms with Gasteiger partial charge in [0.1, 0.15) is 5.60 Å². The van der Waals surface area contributed by atoms with Crippen molar-refractivity contribution in [1.29, 1.82) is 0 Å². The van der Waals surface area contributed by atoms with Crippen molar-refractivity contribution in [1.82, 2.24) is 15.5 Å². The highest BCUT2D eigenvalue weighted by Crippen LogP contribution is 2.23. The smallest absolute Gasteiger partial charge is 0.410 e. The summed E-state index contributed by atoms with van der Waals surface area (Å²) in [7, 11) is 0. The van der Waals surface area contributed by atoms with Gasteiger partial charge in [0.2, 0.25) is 5.91 Å². The summed E-state index contributed by atoms with van der Waals surface area (Å²) in [6.45, 7) is 8.17. The average molecular weight is 433 g/mol. The zero-order valence-electron chi connectivity index (χ0n) is 18.9. The van der Waals surface area contributed by atoms with Gasteiger partial charge < -0.3 is 26.0 Å². The number of ether oxygens (including phenoxy) is 1. The second kappa shape index (κ2) is 11.6. The number of carbonyl (C=O) groups excluding carboxylic acids is 3. The van der Waals surface area contributed by atoms with Gasteiger partial charge in [-0.2, -0.15) is 0 Å². The molecule has 0 radical (unpaired) electrons. The molecule has 0 saturated carbocycles. The van der Waals surface area contributed by atoms with E-state index in [0.717, 1.165) is 50.8 Å². The van der Waals surface area contributed by atoms with Crippen LogP contribution in [-0.2, 0) is 11.3 Å². The highest BCUT2D eigenvalue weighted by atomic mass is 16.6.